The van der Waals surface area contributed by atoms with Crippen LogP contribution in [-0.4, -0.2) is 58.3 Å². The average Bonchev–Trinajstić information content (AvgIpc) is 3.35. The molecule has 4 rings (SSSR count). The molecule has 2 unspecified atom stereocenters. The third-order valence-electron chi connectivity index (χ3n) is 6.08. The van der Waals surface area contributed by atoms with Crippen molar-refractivity contribution in [3.63, 3.8) is 0 Å². The summed E-state index contributed by atoms with van der Waals surface area (Å²) in [5, 5.41) is 11.8. The quantitative estimate of drug-likeness (QED) is 0.628. The lowest BCUT2D eigenvalue weighted by Crippen LogP contribution is -2.45. The largest absolute Gasteiger partial charge is 0.480 e. The van der Waals surface area contributed by atoms with E-state index in [9.17, 15) is 19.5 Å². The second-order valence-electron chi connectivity index (χ2n) is 8.09. The number of hydrogen-bond donors (Lipinski definition) is 2. The summed E-state index contributed by atoms with van der Waals surface area (Å²) in [7, 11) is 0. The molecule has 33 heavy (non-hydrogen) atoms. The van der Waals surface area contributed by atoms with Gasteiger partial charge in [-0.05, 0) is 36.1 Å². The zero-order valence-electron chi connectivity index (χ0n) is 18.5. The summed E-state index contributed by atoms with van der Waals surface area (Å²) in [4.78, 5) is 37.8. The van der Waals surface area contributed by atoms with Gasteiger partial charge in [0.1, 0.15) is 12.6 Å². The van der Waals surface area contributed by atoms with E-state index in [4.69, 9.17) is 4.74 Å². The van der Waals surface area contributed by atoms with Crippen LogP contribution >= 0.6 is 11.8 Å². The van der Waals surface area contributed by atoms with Crippen LogP contribution in [0.2, 0.25) is 0 Å². The lowest BCUT2D eigenvalue weighted by Gasteiger charge is -2.25. The van der Waals surface area contributed by atoms with Crippen molar-refractivity contribution >= 4 is 29.7 Å². The number of alkyl carbamates (subject to hydrolysis) is 1. The fourth-order valence-electron chi connectivity index (χ4n) is 4.37. The number of nitrogens with zero attached hydrogens (tertiary/aromatic N) is 1. The Morgan fingerprint density at radius 2 is 1.73 bits per heavy atom. The van der Waals surface area contributed by atoms with Crippen LogP contribution in [0.3, 0.4) is 0 Å². The lowest BCUT2D eigenvalue weighted by molar-refractivity contribution is -0.147. The van der Waals surface area contributed by atoms with Crippen molar-refractivity contribution < 1.29 is 24.2 Å². The van der Waals surface area contributed by atoms with E-state index in [-0.39, 0.29) is 30.4 Å². The number of fused-ring (bicyclic) bond motifs is 3. The highest BCUT2D eigenvalue weighted by atomic mass is 32.2. The van der Waals surface area contributed by atoms with Crippen molar-refractivity contribution in [3.05, 3.63) is 71.3 Å². The number of carbonyl (C=O) groups is 3. The van der Waals surface area contributed by atoms with Gasteiger partial charge in [0.2, 0.25) is 0 Å². The molecule has 1 fully saturated rings. The van der Waals surface area contributed by atoms with Crippen molar-refractivity contribution in [2.24, 2.45) is 0 Å². The maximum Gasteiger partial charge on any atom is 0.407 e. The highest BCUT2D eigenvalue weighted by Crippen LogP contribution is 2.44. The van der Waals surface area contributed by atoms with Crippen molar-refractivity contribution in [3.8, 4) is 11.1 Å². The Morgan fingerprint density at radius 1 is 1.12 bits per heavy atom. The van der Waals surface area contributed by atoms with Gasteiger partial charge in [-0.15, -0.1) is 11.8 Å². The monoisotopic (exact) mass is 466 g/mol. The van der Waals surface area contributed by atoms with Crippen LogP contribution in [0.5, 0.6) is 0 Å². The topological polar surface area (TPSA) is 95.9 Å². The number of benzene rings is 2. The maximum atomic E-state index is 12.7. The van der Waals surface area contributed by atoms with E-state index < -0.39 is 18.1 Å². The number of rotatable bonds is 6. The molecular weight excluding hydrogens is 440 g/mol. The molecule has 2 amide bonds. The third-order valence-corrected chi connectivity index (χ3v) is 7.30. The van der Waals surface area contributed by atoms with Gasteiger partial charge in [-0.1, -0.05) is 54.6 Å². The molecule has 1 aliphatic heterocycles. The van der Waals surface area contributed by atoms with E-state index in [0.29, 0.717) is 11.3 Å². The summed E-state index contributed by atoms with van der Waals surface area (Å²) < 4.78 is 5.49. The molecule has 0 saturated carbocycles. The maximum absolute atomic E-state index is 12.7. The van der Waals surface area contributed by atoms with Gasteiger partial charge in [0.05, 0.1) is 5.37 Å². The van der Waals surface area contributed by atoms with E-state index in [2.05, 4.69) is 29.6 Å². The Bertz CT molecular complexity index is 1070. The van der Waals surface area contributed by atoms with Gasteiger partial charge in [-0.3, -0.25) is 4.79 Å². The van der Waals surface area contributed by atoms with Gasteiger partial charge >= 0.3 is 12.1 Å². The van der Waals surface area contributed by atoms with E-state index >= 15 is 0 Å². The zero-order valence-corrected chi connectivity index (χ0v) is 19.3. The fraction of sp³-hybridized carbons (Fsp3) is 0.320. The number of aliphatic carboxylic acids is 1. The first kappa shape index (κ1) is 22.9. The highest BCUT2D eigenvalue weighted by molar-refractivity contribution is 8.00. The predicted molar refractivity (Wildman–Crippen MR) is 127 cm³/mol. The minimum absolute atomic E-state index is 0.0240. The second-order valence-corrected chi connectivity index (χ2v) is 9.44. The summed E-state index contributed by atoms with van der Waals surface area (Å²) in [6.45, 7) is 3.76. The first-order valence-electron chi connectivity index (χ1n) is 10.8. The van der Waals surface area contributed by atoms with Crippen LogP contribution in [0.15, 0.2) is 60.2 Å². The molecule has 0 radical (unpaired) electrons. The minimum atomic E-state index is -1.01. The molecule has 0 bridgehead atoms. The summed E-state index contributed by atoms with van der Waals surface area (Å²) in [5.41, 5.74) is 4.98. The average molecular weight is 467 g/mol. The van der Waals surface area contributed by atoms with Crippen molar-refractivity contribution in [2.75, 3.05) is 18.9 Å². The van der Waals surface area contributed by atoms with Gasteiger partial charge in [-0.25, -0.2) is 9.59 Å². The first-order chi connectivity index (χ1) is 15.9. The molecule has 2 aromatic rings. The molecular formula is C25H26N2O5S. The Hall–Kier alpha value is -3.26. The van der Waals surface area contributed by atoms with Gasteiger partial charge in [0, 0.05) is 23.8 Å². The minimum Gasteiger partial charge on any atom is -0.480 e. The highest BCUT2D eigenvalue weighted by Gasteiger charge is 2.39. The van der Waals surface area contributed by atoms with Crippen LogP contribution in [-0.2, 0) is 14.3 Å². The van der Waals surface area contributed by atoms with E-state index in [1.807, 2.05) is 31.2 Å². The smallest absolute Gasteiger partial charge is 0.407 e. The van der Waals surface area contributed by atoms with Crippen LogP contribution < -0.4 is 5.32 Å². The van der Waals surface area contributed by atoms with Crippen molar-refractivity contribution in [1.29, 1.82) is 0 Å². The number of nitrogens with one attached hydrogen (secondary N) is 1. The molecule has 1 saturated heterocycles. The van der Waals surface area contributed by atoms with Crippen LogP contribution in [0.4, 0.5) is 4.79 Å². The van der Waals surface area contributed by atoms with Crippen LogP contribution in [0.25, 0.3) is 11.1 Å². The SMILES string of the molecule is C/C(=C\CNC(=O)OCC1c2ccccc2-c2ccccc21)C(=O)N1C(C)SCC1C(=O)O. The Morgan fingerprint density at radius 3 is 2.33 bits per heavy atom. The standard InChI is InChI=1S/C25H26N2O5S/c1-15(23(28)27-16(2)33-14-22(27)24(29)30)11-12-26-25(31)32-13-21-19-9-5-3-7-17(19)18-8-4-6-10-20(18)21/h3-11,16,21-22H,12-14H2,1-2H3,(H,26,31)(H,29,30)/b15-11+. The molecule has 7 nitrogen and oxygen atoms in total. The first-order valence-corrected chi connectivity index (χ1v) is 11.9. The molecule has 1 aliphatic carbocycles. The summed E-state index contributed by atoms with van der Waals surface area (Å²) in [5.74, 6) is -1.00. The Balaban J connectivity index is 1.33. The lowest BCUT2D eigenvalue weighted by atomic mass is 9.98. The van der Waals surface area contributed by atoms with Crippen molar-refractivity contribution in [1.82, 2.24) is 10.2 Å². The van der Waals surface area contributed by atoms with Gasteiger partial charge in [0.15, 0.2) is 0 Å². The number of carbonyl (C=O) groups excluding carboxylic acids is 2. The molecule has 0 spiro atoms. The zero-order chi connectivity index (χ0) is 23.5. The molecule has 0 aromatic heterocycles. The van der Waals surface area contributed by atoms with Crippen molar-refractivity contribution in [2.45, 2.75) is 31.2 Å². The van der Waals surface area contributed by atoms with Gasteiger partial charge in [0.25, 0.3) is 5.91 Å². The Kier molecular flexibility index (Phi) is 6.74. The summed E-state index contributed by atoms with van der Waals surface area (Å²) in [6.07, 6.45) is 1.01. The van der Waals surface area contributed by atoms with E-state index in [1.165, 1.54) is 16.7 Å². The number of hydrogen-bond acceptors (Lipinski definition) is 5. The predicted octanol–water partition coefficient (Wildman–Crippen LogP) is 3.85. The second kappa shape index (κ2) is 9.70. The summed E-state index contributed by atoms with van der Waals surface area (Å²) in [6, 6.07) is 15.4. The van der Waals surface area contributed by atoms with Crippen LogP contribution in [0.1, 0.15) is 30.9 Å². The Labute approximate surface area is 196 Å². The number of thioether (sulfide) groups is 1. The van der Waals surface area contributed by atoms with Crippen LogP contribution in [0, 0.1) is 0 Å². The number of amides is 2. The normalized spacial score (nSPS) is 19.7. The molecule has 2 aliphatic rings. The molecule has 1 heterocycles. The molecule has 2 atom stereocenters. The molecule has 8 heteroatoms. The number of carboxylic acid groups (broad SMARTS) is 1. The third kappa shape index (κ3) is 4.61. The molecule has 172 valence electrons. The molecule has 2 N–H and O–H groups in total. The number of ether oxygens (including phenoxy) is 1. The fourth-order valence-corrected chi connectivity index (χ4v) is 5.54. The van der Waals surface area contributed by atoms with Gasteiger partial charge < -0.3 is 20.1 Å². The summed E-state index contributed by atoms with van der Waals surface area (Å²) >= 11 is 1.43. The van der Waals surface area contributed by atoms with Gasteiger partial charge in [-0.2, -0.15) is 0 Å². The van der Waals surface area contributed by atoms with E-state index in [1.54, 1.807) is 13.0 Å². The van der Waals surface area contributed by atoms with E-state index in [0.717, 1.165) is 22.3 Å². The number of carboxylic acids is 1. The molecule has 2 aromatic carbocycles.